The van der Waals surface area contributed by atoms with Gasteiger partial charge in [-0.3, -0.25) is 0 Å². The molecule has 2 aromatic carbocycles. The molecule has 0 spiro atoms. The Bertz CT molecular complexity index is 738. The van der Waals surface area contributed by atoms with Crippen LogP contribution in [0.5, 0.6) is 0 Å². The molecule has 9 heteroatoms. The van der Waals surface area contributed by atoms with Crippen molar-refractivity contribution in [2.24, 2.45) is 0 Å². The summed E-state index contributed by atoms with van der Waals surface area (Å²) in [4.78, 5) is 0. The number of benzene rings is 2. The average molecular weight is 330 g/mol. The van der Waals surface area contributed by atoms with Crippen LogP contribution in [0, 0.1) is 52.4 Å². The molecule has 0 aliphatic carbocycles. The van der Waals surface area contributed by atoms with Crippen molar-refractivity contribution < 1.29 is 39.5 Å². The van der Waals surface area contributed by atoms with Crippen molar-refractivity contribution in [2.45, 2.75) is 6.42 Å². The summed E-state index contributed by atoms with van der Waals surface area (Å²) in [5.41, 5.74) is -2.61. The molecule has 0 aliphatic rings. The van der Waals surface area contributed by atoms with Gasteiger partial charge >= 0.3 is 0 Å². The molecule has 2 rings (SSSR count). The molecular formula is C13H3F9. The first-order chi connectivity index (χ1) is 10.2. The predicted octanol–water partition coefficient (Wildman–Crippen LogP) is 4.53. The normalized spacial score (nSPS) is 11.1. The highest BCUT2D eigenvalue weighted by molar-refractivity contribution is 5.32. The van der Waals surface area contributed by atoms with E-state index in [0.717, 1.165) is 0 Å². The summed E-state index contributed by atoms with van der Waals surface area (Å²) >= 11 is 0. The highest BCUT2D eigenvalue weighted by atomic mass is 19.2. The van der Waals surface area contributed by atoms with E-state index in [-0.39, 0.29) is 6.07 Å². The van der Waals surface area contributed by atoms with Gasteiger partial charge in [-0.25, -0.2) is 39.5 Å². The van der Waals surface area contributed by atoms with Gasteiger partial charge in [0, 0.05) is 12.0 Å². The Labute approximate surface area is 116 Å². The maximum Gasteiger partial charge on any atom is 0.200 e. The largest absolute Gasteiger partial charge is 0.204 e. The second-order valence-electron chi connectivity index (χ2n) is 4.18. The zero-order valence-electron chi connectivity index (χ0n) is 10.2. The molecule has 22 heavy (non-hydrogen) atoms. The molecule has 0 aromatic heterocycles. The van der Waals surface area contributed by atoms with Gasteiger partial charge in [-0.05, 0) is 11.6 Å². The van der Waals surface area contributed by atoms with Gasteiger partial charge in [0.15, 0.2) is 46.5 Å². The van der Waals surface area contributed by atoms with Gasteiger partial charge in [0.1, 0.15) is 0 Å². The number of rotatable bonds is 2. The molecule has 0 N–H and O–H groups in total. The van der Waals surface area contributed by atoms with Crippen molar-refractivity contribution in [2.75, 3.05) is 0 Å². The molecule has 0 amide bonds. The second-order valence-corrected chi connectivity index (χ2v) is 4.18. The fourth-order valence-corrected chi connectivity index (χ4v) is 1.75. The Morgan fingerprint density at radius 3 is 1.41 bits per heavy atom. The van der Waals surface area contributed by atoms with Gasteiger partial charge in [0.25, 0.3) is 0 Å². The van der Waals surface area contributed by atoms with E-state index in [2.05, 4.69) is 0 Å². The molecule has 0 saturated carbocycles. The predicted molar refractivity (Wildman–Crippen MR) is 55.3 cm³/mol. The van der Waals surface area contributed by atoms with E-state index in [9.17, 15) is 39.5 Å². The Kier molecular flexibility index (Phi) is 4.08. The van der Waals surface area contributed by atoms with Crippen LogP contribution in [0.3, 0.4) is 0 Å². The molecule has 118 valence electrons. The monoisotopic (exact) mass is 330 g/mol. The molecule has 0 saturated heterocycles. The van der Waals surface area contributed by atoms with Gasteiger partial charge in [-0.1, -0.05) is 0 Å². The van der Waals surface area contributed by atoms with Crippen molar-refractivity contribution in [1.82, 2.24) is 0 Å². The van der Waals surface area contributed by atoms with Gasteiger partial charge in [0.05, 0.1) is 0 Å². The molecule has 0 radical (unpaired) electrons. The molecule has 0 fully saturated rings. The molecule has 0 aliphatic heterocycles. The van der Waals surface area contributed by atoms with Crippen LogP contribution in [0.2, 0.25) is 0 Å². The van der Waals surface area contributed by atoms with E-state index in [1.165, 1.54) is 0 Å². The zero-order chi connectivity index (χ0) is 16.8. The van der Waals surface area contributed by atoms with Gasteiger partial charge in [0.2, 0.25) is 5.82 Å². The summed E-state index contributed by atoms with van der Waals surface area (Å²) in [5.74, 6) is -19.9. The Morgan fingerprint density at radius 1 is 0.500 bits per heavy atom. The topological polar surface area (TPSA) is 0 Å². The summed E-state index contributed by atoms with van der Waals surface area (Å²) in [5, 5.41) is 0. The maximum absolute atomic E-state index is 13.4. The van der Waals surface area contributed by atoms with Gasteiger partial charge in [-0.15, -0.1) is 0 Å². The molecule has 0 atom stereocenters. The van der Waals surface area contributed by atoms with Crippen LogP contribution in [0.25, 0.3) is 0 Å². The Balaban J connectivity index is 2.63. The second kappa shape index (κ2) is 5.54. The minimum atomic E-state index is -2.43. The first-order valence-corrected chi connectivity index (χ1v) is 5.49. The van der Waals surface area contributed by atoms with Crippen LogP contribution in [0.1, 0.15) is 11.1 Å². The van der Waals surface area contributed by atoms with E-state index in [1.54, 1.807) is 0 Å². The van der Waals surface area contributed by atoms with E-state index in [0.29, 0.717) is 0 Å². The summed E-state index contributed by atoms with van der Waals surface area (Å²) in [7, 11) is 0. The summed E-state index contributed by atoms with van der Waals surface area (Å²) < 4.78 is 118. The van der Waals surface area contributed by atoms with Crippen molar-refractivity contribution in [3.8, 4) is 0 Å². The fourth-order valence-electron chi connectivity index (χ4n) is 1.75. The third-order valence-corrected chi connectivity index (χ3v) is 2.85. The summed E-state index contributed by atoms with van der Waals surface area (Å²) in [6, 6.07) is 0.0613. The lowest BCUT2D eigenvalue weighted by atomic mass is 10.0. The first-order valence-electron chi connectivity index (χ1n) is 5.49. The molecule has 0 nitrogen and oxygen atoms in total. The van der Waals surface area contributed by atoms with Crippen molar-refractivity contribution in [3.63, 3.8) is 0 Å². The van der Waals surface area contributed by atoms with Crippen LogP contribution in [-0.4, -0.2) is 0 Å². The lowest BCUT2D eigenvalue weighted by Crippen LogP contribution is -2.10. The standard InChI is InChI=1S/C13H3F9/c14-5-2-3(6(15)10(19)9(5)18)1-4-7(16)11(20)13(22)12(21)8(4)17/h2H,1H2. The quantitative estimate of drug-likeness (QED) is 0.431. The number of hydrogen-bond donors (Lipinski definition) is 0. The molecule has 0 unspecified atom stereocenters. The smallest absolute Gasteiger partial charge is 0.200 e. The minimum Gasteiger partial charge on any atom is -0.204 e. The van der Waals surface area contributed by atoms with Crippen molar-refractivity contribution in [3.05, 3.63) is 69.5 Å². The maximum atomic E-state index is 13.4. The first kappa shape index (κ1) is 16.2. The van der Waals surface area contributed by atoms with E-state index >= 15 is 0 Å². The van der Waals surface area contributed by atoms with E-state index < -0.39 is 69.9 Å². The minimum absolute atomic E-state index is 0.0613. The molecule has 0 heterocycles. The third kappa shape index (κ3) is 2.40. The van der Waals surface area contributed by atoms with Crippen LogP contribution in [0.4, 0.5) is 39.5 Å². The molecular weight excluding hydrogens is 327 g/mol. The van der Waals surface area contributed by atoms with E-state index in [1.807, 2.05) is 0 Å². The summed E-state index contributed by atoms with van der Waals surface area (Å²) in [6.45, 7) is 0. The SMILES string of the molecule is Fc1cc(Cc2c(F)c(F)c(F)c(F)c2F)c(F)c(F)c1F. The van der Waals surface area contributed by atoms with Crippen molar-refractivity contribution >= 4 is 0 Å². The third-order valence-electron chi connectivity index (χ3n) is 2.85. The summed E-state index contributed by atoms with van der Waals surface area (Å²) in [6.07, 6.45) is -1.37. The van der Waals surface area contributed by atoms with Crippen molar-refractivity contribution in [1.29, 1.82) is 0 Å². The van der Waals surface area contributed by atoms with Gasteiger partial charge < -0.3 is 0 Å². The van der Waals surface area contributed by atoms with Crippen LogP contribution >= 0.6 is 0 Å². The highest BCUT2D eigenvalue weighted by Gasteiger charge is 2.27. The average Bonchev–Trinajstić information content (AvgIpc) is 2.50. The van der Waals surface area contributed by atoms with E-state index in [4.69, 9.17) is 0 Å². The molecule has 0 bridgehead atoms. The molecule has 2 aromatic rings. The van der Waals surface area contributed by atoms with Gasteiger partial charge in [-0.2, -0.15) is 0 Å². The zero-order valence-corrected chi connectivity index (χ0v) is 10.2. The Hall–Kier alpha value is -2.19. The fraction of sp³-hybridized carbons (Fsp3) is 0.0769. The number of halogens is 9. The Morgan fingerprint density at radius 2 is 0.909 bits per heavy atom. The van der Waals surface area contributed by atoms with Crippen LogP contribution < -0.4 is 0 Å². The highest BCUT2D eigenvalue weighted by Crippen LogP contribution is 2.27. The number of hydrogen-bond acceptors (Lipinski definition) is 0. The van der Waals surface area contributed by atoms with Crippen LogP contribution in [0.15, 0.2) is 6.07 Å². The van der Waals surface area contributed by atoms with Crippen LogP contribution in [-0.2, 0) is 6.42 Å². The lowest BCUT2D eigenvalue weighted by Gasteiger charge is -2.10. The lowest BCUT2D eigenvalue weighted by molar-refractivity contribution is 0.370.